The maximum atomic E-state index is 15.0. The van der Waals surface area contributed by atoms with Gasteiger partial charge in [-0.15, -0.1) is 0 Å². The van der Waals surface area contributed by atoms with Gasteiger partial charge in [-0.25, -0.2) is 14.6 Å². The molecule has 0 saturated carbocycles. The summed E-state index contributed by atoms with van der Waals surface area (Å²) in [5.74, 6) is -1.92. The Labute approximate surface area is 425 Å². The number of ether oxygens (including phenoxy) is 2. The molecule has 1 unspecified atom stereocenters. The van der Waals surface area contributed by atoms with Gasteiger partial charge in [0.25, 0.3) is 0 Å². The van der Waals surface area contributed by atoms with E-state index in [2.05, 4.69) is 60.5 Å². The zero-order chi connectivity index (χ0) is 52.0. The number of cyclic esters (lactones) is 1. The number of nitrogens with zero attached hydrogens (tertiary/aromatic N) is 6. The summed E-state index contributed by atoms with van der Waals surface area (Å²) in [7, 11) is 2.78. The number of methoxy groups -OCH3 is 1. The van der Waals surface area contributed by atoms with Crippen molar-refractivity contribution in [2.75, 3.05) is 53.6 Å². The van der Waals surface area contributed by atoms with Gasteiger partial charge in [0.1, 0.15) is 18.8 Å². The van der Waals surface area contributed by atoms with Gasteiger partial charge in [-0.1, -0.05) is 52.5 Å². The molecular weight excluding hydrogens is 936 g/mol. The molecule has 386 valence electrons. The number of alkyl halides is 1. The van der Waals surface area contributed by atoms with E-state index < -0.39 is 51.3 Å². The van der Waals surface area contributed by atoms with Crippen LogP contribution in [0.25, 0.3) is 33.3 Å². The van der Waals surface area contributed by atoms with Gasteiger partial charge in [-0.3, -0.25) is 29.2 Å². The number of pyridine rings is 1. The number of likely N-dealkylation sites (tertiary alicyclic amines) is 1. The number of aromatic nitrogens is 2. The molecule has 5 atom stereocenters. The van der Waals surface area contributed by atoms with Crippen molar-refractivity contribution in [2.24, 2.45) is 11.3 Å². The number of esters is 1. The van der Waals surface area contributed by atoms with E-state index in [4.69, 9.17) is 14.5 Å². The molecule has 6 bridgehead atoms. The van der Waals surface area contributed by atoms with E-state index in [1.54, 1.807) is 31.3 Å². The minimum Gasteiger partial charge on any atom is -0.464 e. The number of aliphatic hydroxyl groups excluding tert-OH is 1. The second-order valence-electron chi connectivity index (χ2n) is 20.4. The number of amides is 5. The van der Waals surface area contributed by atoms with Crippen LogP contribution >= 0.6 is 0 Å². The van der Waals surface area contributed by atoms with Crippen molar-refractivity contribution in [3.05, 3.63) is 89.8 Å². The number of nitrogens with one attached hydrogen (secondary N) is 2. The number of rotatable bonds is 14. The van der Waals surface area contributed by atoms with E-state index in [1.807, 2.05) is 45.0 Å². The van der Waals surface area contributed by atoms with Crippen LogP contribution in [0.5, 0.6) is 0 Å². The summed E-state index contributed by atoms with van der Waals surface area (Å²) >= 11 is 0. The van der Waals surface area contributed by atoms with Gasteiger partial charge in [0.2, 0.25) is 17.7 Å². The second kappa shape index (κ2) is 23.3. The molecule has 72 heavy (non-hydrogen) atoms. The molecule has 18 heteroatoms. The molecule has 2 radical (unpaired) electrons. The summed E-state index contributed by atoms with van der Waals surface area (Å²) in [4.78, 5) is 82.1. The largest absolute Gasteiger partial charge is 0.464 e. The Kier molecular flexibility index (Phi) is 17.4. The lowest BCUT2D eigenvalue weighted by Gasteiger charge is -2.36. The fourth-order valence-corrected chi connectivity index (χ4v) is 11.7. The molecule has 3 aliphatic heterocycles. The van der Waals surface area contributed by atoms with Gasteiger partial charge < -0.3 is 38.8 Å². The normalized spacial score (nSPS) is 20.2. The SMILES string of the molecule is C=CC(=O)N(CCO)[C@H]1CCN(C(=O)N(C)[C@H](C(=O)N[Si]C2Cc3cc(CF)cc(c3)-c3ccc4c(c3)c(c(-c3cccnc3[C@H](C)OC)n4CC)CC(C)(C)COC(=O)[C@@H]3CCCN(N3)C2=O)C(C)C)C1. The van der Waals surface area contributed by atoms with Crippen LogP contribution in [-0.4, -0.2) is 145 Å². The van der Waals surface area contributed by atoms with Crippen LogP contribution in [0.3, 0.4) is 0 Å². The number of carbonyl (C=O) groups is 5. The van der Waals surface area contributed by atoms with E-state index in [1.165, 1.54) is 20.9 Å². The average molecular weight is 1010 g/mol. The van der Waals surface area contributed by atoms with Crippen molar-refractivity contribution in [1.82, 2.24) is 39.7 Å². The van der Waals surface area contributed by atoms with Crippen molar-refractivity contribution in [3.63, 3.8) is 0 Å². The van der Waals surface area contributed by atoms with Crippen LogP contribution in [0.1, 0.15) is 89.3 Å². The second-order valence-corrected chi connectivity index (χ2v) is 21.6. The fraction of sp³-hybridized carbons (Fsp3) is 0.519. The Balaban J connectivity index is 1.25. The van der Waals surface area contributed by atoms with E-state index in [0.717, 1.165) is 44.5 Å². The van der Waals surface area contributed by atoms with Crippen molar-refractivity contribution in [2.45, 2.75) is 117 Å². The van der Waals surface area contributed by atoms with Gasteiger partial charge in [0.05, 0.1) is 42.3 Å². The number of hydrogen-bond donors (Lipinski definition) is 3. The highest BCUT2D eigenvalue weighted by molar-refractivity contribution is 6.45. The molecule has 5 heterocycles. The van der Waals surface area contributed by atoms with E-state index in [9.17, 15) is 33.5 Å². The summed E-state index contributed by atoms with van der Waals surface area (Å²) in [6.07, 6.45) is 4.81. The highest BCUT2D eigenvalue weighted by atomic mass is 28.2. The zero-order valence-electron chi connectivity index (χ0n) is 43.0. The predicted molar refractivity (Wildman–Crippen MR) is 275 cm³/mol. The molecule has 3 N–H and O–H groups in total. The molecule has 0 spiro atoms. The van der Waals surface area contributed by atoms with E-state index >= 15 is 0 Å². The van der Waals surface area contributed by atoms with Crippen LogP contribution in [0.2, 0.25) is 5.54 Å². The number of urea groups is 1. The van der Waals surface area contributed by atoms with Gasteiger partial charge in [0, 0.05) is 75.0 Å². The van der Waals surface area contributed by atoms with Crippen molar-refractivity contribution in [1.29, 1.82) is 0 Å². The van der Waals surface area contributed by atoms with E-state index in [-0.39, 0.29) is 68.6 Å². The first-order chi connectivity index (χ1) is 34.4. The molecule has 7 rings (SSSR count). The van der Waals surface area contributed by atoms with Crippen molar-refractivity contribution >= 4 is 50.3 Å². The highest BCUT2D eigenvalue weighted by Crippen LogP contribution is 2.42. The summed E-state index contributed by atoms with van der Waals surface area (Å²) in [5.41, 5.74) is 9.33. The van der Waals surface area contributed by atoms with Gasteiger partial charge in [-0.05, 0) is 116 Å². The molecule has 0 aliphatic carbocycles. The molecule has 2 aromatic carbocycles. The Morgan fingerprint density at radius 2 is 1.89 bits per heavy atom. The third-order valence-electron chi connectivity index (χ3n) is 14.3. The zero-order valence-corrected chi connectivity index (χ0v) is 44.0. The van der Waals surface area contributed by atoms with Crippen LogP contribution in [-0.2, 0) is 54.7 Å². The number of aliphatic hydroxyl groups is 1. The first-order valence-corrected chi connectivity index (χ1v) is 26.2. The molecule has 2 aromatic heterocycles. The van der Waals surface area contributed by atoms with Crippen LogP contribution in [0.15, 0.2) is 67.4 Å². The Hall–Kier alpha value is -5.95. The van der Waals surface area contributed by atoms with Crippen molar-refractivity contribution in [3.8, 4) is 22.4 Å². The lowest BCUT2D eigenvalue weighted by molar-refractivity contribution is -0.154. The predicted octanol–water partition coefficient (Wildman–Crippen LogP) is 6.41. The molecular formula is C54H71FN8O8Si. The number of hydrogen-bond acceptors (Lipinski definition) is 10. The number of benzene rings is 2. The Morgan fingerprint density at radius 3 is 2.58 bits per heavy atom. The number of aryl methyl sites for hydroxylation is 1. The Bertz CT molecular complexity index is 2660. The third kappa shape index (κ3) is 11.6. The molecule has 4 aromatic rings. The lowest BCUT2D eigenvalue weighted by Crippen LogP contribution is -2.58. The molecule has 2 fully saturated rings. The molecule has 16 nitrogen and oxygen atoms in total. The molecule has 3 aliphatic rings. The summed E-state index contributed by atoms with van der Waals surface area (Å²) in [6.45, 7) is 16.3. The van der Waals surface area contributed by atoms with Crippen LogP contribution in [0.4, 0.5) is 9.18 Å². The number of carbonyl (C=O) groups excluding carboxylic acids is 5. The van der Waals surface area contributed by atoms with Gasteiger partial charge >= 0.3 is 12.0 Å². The van der Waals surface area contributed by atoms with Crippen LogP contribution < -0.4 is 10.4 Å². The first kappa shape index (κ1) is 53.8. The number of halogens is 1. The monoisotopic (exact) mass is 1010 g/mol. The number of likely N-dealkylation sites (N-methyl/N-ethyl adjacent to an activating group) is 1. The quantitative estimate of drug-likeness (QED) is 0.0727. The summed E-state index contributed by atoms with van der Waals surface area (Å²) < 4.78 is 29.2. The Morgan fingerprint density at radius 1 is 1.11 bits per heavy atom. The van der Waals surface area contributed by atoms with Gasteiger partial charge in [-0.2, -0.15) is 0 Å². The lowest BCUT2D eigenvalue weighted by atomic mass is 9.84. The fourth-order valence-electron chi connectivity index (χ4n) is 10.6. The average Bonchev–Trinajstić information content (AvgIpc) is 3.99. The summed E-state index contributed by atoms with van der Waals surface area (Å²) in [6, 6.07) is 13.4. The van der Waals surface area contributed by atoms with Crippen LogP contribution in [0, 0.1) is 11.3 Å². The standard InChI is InChI=1S/C54H71FN8O8Si/c1-10-46(65)62(22-23-64)39-18-21-60(31-39)53(69)59(8)48(33(3)4)50(66)58-72-45-27-35-24-36(30-55)26-38(25-35)37-16-17-44-41(28-37)42(49(61(44)11-2)40-14-12-19-56-47(40)34(5)70-9)29-54(6,7)32-71-52(68)43-15-13-20-63(57-43)51(45)67/h10,12,14,16-17,19,24-26,28,33-34,39,43,45,48,57,64H,1,11,13,15,18,20-23,27,29-32H2,2-9H3,(H,58,66)/t34-,39-,43-,45?,48-/m0/s1. The third-order valence-corrected chi connectivity index (χ3v) is 15.4. The number of fused-ring (bicyclic) bond motifs is 6. The maximum absolute atomic E-state index is 15.0. The smallest absolute Gasteiger partial charge is 0.324 e. The first-order valence-electron chi connectivity index (χ1n) is 25.1. The minimum atomic E-state index is -0.921. The van der Waals surface area contributed by atoms with Crippen molar-refractivity contribution < 1.29 is 42.9 Å². The maximum Gasteiger partial charge on any atom is 0.324 e. The summed E-state index contributed by atoms with van der Waals surface area (Å²) in [5, 5.41) is 12.1. The van der Waals surface area contributed by atoms with E-state index in [0.29, 0.717) is 56.4 Å². The molecule has 5 amide bonds. The highest BCUT2D eigenvalue weighted by Gasteiger charge is 2.39. The minimum absolute atomic E-state index is 0.103. The molecule has 2 saturated heterocycles. The van der Waals surface area contributed by atoms with Gasteiger partial charge in [0.15, 0.2) is 9.68 Å². The topological polar surface area (TPSA) is 179 Å². The number of hydrazine groups is 1.